The highest BCUT2D eigenvalue weighted by atomic mass is 35.5. The lowest BCUT2D eigenvalue weighted by molar-refractivity contribution is 0.423. The third-order valence-corrected chi connectivity index (χ3v) is 3.83. The quantitative estimate of drug-likeness (QED) is 0.922. The fraction of sp³-hybridized carbons (Fsp3) is 0.438. The molecule has 5 heteroatoms. The van der Waals surface area contributed by atoms with Crippen LogP contribution in [0.1, 0.15) is 37.7 Å². The molecule has 0 saturated carbocycles. The van der Waals surface area contributed by atoms with Crippen molar-refractivity contribution in [1.82, 2.24) is 15.1 Å². The van der Waals surface area contributed by atoms with E-state index in [2.05, 4.69) is 31.2 Å². The van der Waals surface area contributed by atoms with Gasteiger partial charge in [0.25, 0.3) is 0 Å². The van der Waals surface area contributed by atoms with Crippen molar-refractivity contribution in [2.45, 2.75) is 46.7 Å². The van der Waals surface area contributed by atoms with Crippen LogP contribution in [0.5, 0.6) is 0 Å². The number of aromatic nitrogens is 2. The minimum absolute atomic E-state index is 0.0453. The minimum Gasteiger partial charge on any atom is -0.308 e. The Kier molecular flexibility index (Phi) is 4.40. The molecule has 0 fully saturated rings. The molecule has 2 aromatic rings. The first-order chi connectivity index (χ1) is 9.69. The minimum atomic E-state index is -0.253. The lowest BCUT2D eigenvalue weighted by atomic mass is 10.1. The van der Waals surface area contributed by atoms with Crippen molar-refractivity contribution in [3.8, 4) is 5.69 Å². The first-order valence-electron chi connectivity index (χ1n) is 6.94. The Balaban J connectivity index is 2.46. The smallest absolute Gasteiger partial charge is 0.123 e. The van der Waals surface area contributed by atoms with Crippen LogP contribution < -0.4 is 5.32 Å². The highest BCUT2D eigenvalue weighted by molar-refractivity contribution is 6.31. The molecule has 21 heavy (non-hydrogen) atoms. The van der Waals surface area contributed by atoms with E-state index >= 15 is 0 Å². The zero-order valence-electron chi connectivity index (χ0n) is 13.1. The number of hydrogen-bond acceptors (Lipinski definition) is 2. The van der Waals surface area contributed by atoms with Crippen LogP contribution in [0.3, 0.4) is 0 Å². The van der Waals surface area contributed by atoms with Gasteiger partial charge in [0.05, 0.1) is 22.1 Å². The van der Waals surface area contributed by atoms with Crippen molar-refractivity contribution in [2.24, 2.45) is 0 Å². The lowest BCUT2D eigenvalue weighted by Crippen LogP contribution is -2.35. The maximum absolute atomic E-state index is 13.6. The Bertz CT molecular complexity index is 656. The van der Waals surface area contributed by atoms with Crippen LogP contribution in [-0.2, 0) is 6.54 Å². The van der Waals surface area contributed by atoms with Crippen molar-refractivity contribution in [3.05, 3.63) is 46.0 Å². The van der Waals surface area contributed by atoms with E-state index in [0.29, 0.717) is 11.6 Å². The Morgan fingerprint density at radius 3 is 2.48 bits per heavy atom. The SMILES string of the molecule is Cc1nn(-c2ccc(F)cc2CNC(C)(C)C)c(C)c1Cl. The van der Waals surface area contributed by atoms with E-state index in [1.807, 2.05) is 13.8 Å². The second-order valence-electron chi connectivity index (χ2n) is 6.27. The number of halogens is 2. The summed E-state index contributed by atoms with van der Waals surface area (Å²) in [7, 11) is 0. The van der Waals surface area contributed by atoms with Gasteiger partial charge in [0, 0.05) is 12.1 Å². The summed E-state index contributed by atoms with van der Waals surface area (Å²) >= 11 is 6.21. The predicted molar refractivity (Wildman–Crippen MR) is 84.6 cm³/mol. The molecule has 0 aliphatic carbocycles. The van der Waals surface area contributed by atoms with Crippen molar-refractivity contribution < 1.29 is 4.39 Å². The molecule has 3 nitrogen and oxygen atoms in total. The molecule has 114 valence electrons. The van der Waals surface area contributed by atoms with Gasteiger partial charge in [-0.05, 0) is 58.4 Å². The van der Waals surface area contributed by atoms with Gasteiger partial charge < -0.3 is 5.32 Å². The molecule has 0 spiro atoms. The molecule has 0 aliphatic heterocycles. The van der Waals surface area contributed by atoms with Crippen LogP contribution in [0.25, 0.3) is 5.69 Å². The van der Waals surface area contributed by atoms with Gasteiger partial charge in [-0.2, -0.15) is 5.10 Å². The number of hydrogen-bond donors (Lipinski definition) is 1. The molecule has 2 rings (SSSR count). The average molecular weight is 310 g/mol. The Labute approximate surface area is 130 Å². The zero-order valence-corrected chi connectivity index (χ0v) is 13.8. The maximum Gasteiger partial charge on any atom is 0.123 e. The highest BCUT2D eigenvalue weighted by Gasteiger charge is 2.16. The lowest BCUT2D eigenvalue weighted by Gasteiger charge is -2.22. The molecule has 1 aromatic carbocycles. The molecule has 0 aliphatic rings. The summed E-state index contributed by atoms with van der Waals surface area (Å²) in [5.41, 5.74) is 3.29. The van der Waals surface area contributed by atoms with E-state index in [-0.39, 0.29) is 11.4 Å². The summed E-state index contributed by atoms with van der Waals surface area (Å²) < 4.78 is 15.4. The third-order valence-electron chi connectivity index (χ3n) is 3.28. The van der Waals surface area contributed by atoms with Crippen LogP contribution in [0.15, 0.2) is 18.2 Å². The number of nitrogens with one attached hydrogen (secondary N) is 1. The van der Waals surface area contributed by atoms with E-state index in [1.54, 1.807) is 16.8 Å². The summed E-state index contributed by atoms with van der Waals surface area (Å²) in [5, 5.41) is 8.47. The molecule has 1 N–H and O–H groups in total. The van der Waals surface area contributed by atoms with Crippen LogP contribution in [0.2, 0.25) is 5.02 Å². The van der Waals surface area contributed by atoms with Crippen molar-refractivity contribution in [1.29, 1.82) is 0 Å². The largest absolute Gasteiger partial charge is 0.308 e. The Hall–Kier alpha value is -1.39. The molecule has 0 radical (unpaired) electrons. The van der Waals surface area contributed by atoms with Crippen molar-refractivity contribution >= 4 is 11.6 Å². The van der Waals surface area contributed by atoms with Crippen LogP contribution in [0, 0.1) is 19.7 Å². The second kappa shape index (κ2) is 5.78. The Morgan fingerprint density at radius 1 is 1.29 bits per heavy atom. The van der Waals surface area contributed by atoms with Gasteiger partial charge in [-0.15, -0.1) is 0 Å². The number of nitrogens with zero attached hydrogens (tertiary/aromatic N) is 2. The van der Waals surface area contributed by atoms with E-state index in [9.17, 15) is 4.39 Å². The molecular weight excluding hydrogens is 289 g/mol. The topological polar surface area (TPSA) is 29.9 Å². The van der Waals surface area contributed by atoms with Crippen LogP contribution in [-0.4, -0.2) is 15.3 Å². The average Bonchev–Trinajstić information content (AvgIpc) is 2.63. The summed E-state index contributed by atoms with van der Waals surface area (Å²) in [6.07, 6.45) is 0. The van der Waals surface area contributed by atoms with E-state index < -0.39 is 0 Å². The normalized spacial score (nSPS) is 12.0. The predicted octanol–water partition coefficient (Wildman–Crippen LogP) is 4.17. The van der Waals surface area contributed by atoms with Crippen LogP contribution >= 0.6 is 11.6 Å². The third kappa shape index (κ3) is 3.63. The molecule has 0 atom stereocenters. The molecule has 0 saturated heterocycles. The van der Waals surface area contributed by atoms with E-state index in [4.69, 9.17) is 11.6 Å². The molecule has 1 aromatic heterocycles. The monoisotopic (exact) mass is 309 g/mol. The zero-order chi connectivity index (χ0) is 15.8. The number of aryl methyl sites for hydroxylation is 1. The fourth-order valence-electron chi connectivity index (χ4n) is 2.12. The van der Waals surface area contributed by atoms with E-state index in [0.717, 1.165) is 22.6 Å². The summed E-state index contributed by atoms with van der Waals surface area (Å²) in [5.74, 6) is -0.253. The molecule has 0 unspecified atom stereocenters. The van der Waals surface area contributed by atoms with Gasteiger partial charge in [0.15, 0.2) is 0 Å². The summed E-state index contributed by atoms with van der Waals surface area (Å²) in [6, 6.07) is 4.73. The molecule has 0 amide bonds. The highest BCUT2D eigenvalue weighted by Crippen LogP contribution is 2.25. The molecule has 0 bridgehead atoms. The molecule has 1 heterocycles. The van der Waals surface area contributed by atoms with Gasteiger partial charge >= 0.3 is 0 Å². The summed E-state index contributed by atoms with van der Waals surface area (Å²) in [6.45, 7) is 10.6. The summed E-state index contributed by atoms with van der Waals surface area (Å²) in [4.78, 5) is 0. The van der Waals surface area contributed by atoms with Gasteiger partial charge in [-0.1, -0.05) is 11.6 Å². The first kappa shape index (κ1) is 16.0. The number of rotatable bonds is 3. The standard InChI is InChI=1S/C16H21ClFN3/c1-10-15(17)11(2)21(20-10)14-7-6-13(18)8-12(14)9-19-16(3,4)5/h6-8,19H,9H2,1-5H3. The van der Waals surface area contributed by atoms with Gasteiger partial charge in [-0.3, -0.25) is 0 Å². The van der Waals surface area contributed by atoms with Crippen molar-refractivity contribution in [3.63, 3.8) is 0 Å². The first-order valence-corrected chi connectivity index (χ1v) is 7.32. The molecular formula is C16H21ClFN3. The Morgan fingerprint density at radius 2 is 1.95 bits per heavy atom. The van der Waals surface area contributed by atoms with Crippen molar-refractivity contribution in [2.75, 3.05) is 0 Å². The maximum atomic E-state index is 13.6. The van der Waals surface area contributed by atoms with Crippen LogP contribution in [0.4, 0.5) is 4.39 Å². The van der Waals surface area contributed by atoms with Gasteiger partial charge in [-0.25, -0.2) is 9.07 Å². The number of benzene rings is 1. The van der Waals surface area contributed by atoms with Gasteiger partial charge in [0.1, 0.15) is 5.82 Å². The second-order valence-corrected chi connectivity index (χ2v) is 6.65. The van der Waals surface area contributed by atoms with E-state index in [1.165, 1.54) is 6.07 Å². The van der Waals surface area contributed by atoms with Gasteiger partial charge in [0.2, 0.25) is 0 Å². The fourth-order valence-corrected chi connectivity index (χ4v) is 2.24.